The van der Waals surface area contributed by atoms with Crippen LogP contribution in [0.3, 0.4) is 0 Å². The molecular formula is C18H29NOSi2. The average molecular weight is 332 g/mol. The molecule has 2 aliphatic rings. The molecule has 0 aromatic heterocycles. The molecule has 1 unspecified atom stereocenters. The standard InChI is InChI=1S/C18H29NOSi2/c1-18(2,3)19-14-9-7-8-13-12-15-17(16(13)14)22(15,6)21(4,5)11-10-20/h7-9,19-20H,10-12H2,1-6H3. The number of anilines is 1. The molecule has 22 heavy (non-hydrogen) atoms. The van der Waals surface area contributed by atoms with E-state index in [4.69, 9.17) is 0 Å². The molecule has 1 atom stereocenters. The van der Waals surface area contributed by atoms with E-state index < -0.39 is 15.2 Å². The third-order valence-corrected chi connectivity index (χ3v) is 23.4. The first-order chi connectivity index (χ1) is 10.1. The summed E-state index contributed by atoms with van der Waals surface area (Å²) in [5.74, 6) is 0. The fourth-order valence-corrected chi connectivity index (χ4v) is 17.6. The van der Waals surface area contributed by atoms with E-state index in [1.54, 1.807) is 10.4 Å². The van der Waals surface area contributed by atoms with Crippen LogP contribution in [0.15, 0.2) is 23.4 Å². The Hall–Kier alpha value is -0.846. The largest absolute Gasteiger partial charge is 0.397 e. The molecule has 0 radical (unpaired) electrons. The van der Waals surface area contributed by atoms with E-state index in [0.717, 1.165) is 6.04 Å². The summed E-state index contributed by atoms with van der Waals surface area (Å²) in [6.45, 7) is 14.6. The summed E-state index contributed by atoms with van der Waals surface area (Å²) in [5, 5.41) is 16.7. The number of rotatable bonds is 4. The van der Waals surface area contributed by atoms with Crippen LogP contribution in [0.5, 0.6) is 0 Å². The maximum atomic E-state index is 9.49. The molecule has 1 aromatic carbocycles. The lowest BCUT2D eigenvalue weighted by Crippen LogP contribution is -2.51. The smallest absolute Gasteiger partial charge is 0.103 e. The van der Waals surface area contributed by atoms with Crippen molar-refractivity contribution in [3.05, 3.63) is 34.5 Å². The number of benzene rings is 1. The van der Waals surface area contributed by atoms with E-state index in [1.807, 2.05) is 0 Å². The van der Waals surface area contributed by atoms with Gasteiger partial charge in [0.1, 0.15) is 7.59 Å². The zero-order valence-electron chi connectivity index (χ0n) is 14.8. The summed E-state index contributed by atoms with van der Waals surface area (Å²) in [5.41, 5.74) is 4.45. The van der Waals surface area contributed by atoms with Crippen molar-refractivity contribution in [2.75, 3.05) is 11.9 Å². The van der Waals surface area contributed by atoms with Gasteiger partial charge in [-0.15, -0.1) is 0 Å². The van der Waals surface area contributed by atoms with Gasteiger partial charge in [-0.3, -0.25) is 0 Å². The van der Waals surface area contributed by atoms with E-state index in [9.17, 15) is 5.11 Å². The summed E-state index contributed by atoms with van der Waals surface area (Å²) in [4.78, 5) is 0. The Morgan fingerprint density at radius 3 is 2.55 bits per heavy atom. The lowest BCUT2D eigenvalue weighted by molar-refractivity contribution is 0.317. The SMILES string of the molecule is CC(C)(C)Nc1cccc2c1C1=C(C2)[Si]1(C)[Si](C)(C)CCO. The first-order valence-electron chi connectivity index (χ1n) is 8.37. The van der Waals surface area contributed by atoms with Crippen molar-refractivity contribution in [2.45, 2.75) is 58.4 Å². The Morgan fingerprint density at radius 1 is 1.27 bits per heavy atom. The van der Waals surface area contributed by atoms with Gasteiger partial charge in [-0.05, 0) is 44.9 Å². The summed E-state index contributed by atoms with van der Waals surface area (Å²) in [7, 11) is -2.74. The van der Waals surface area contributed by atoms with Crippen molar-refractivity contribution >= 4 is 26.1 Å². The molecule has 1 heterocycles. The molecule has 0 bridgehead atoms. The molecule has 2 N–H and O–H groups in total. The van der Waals surface area contributed by atoms with Crippen molar-refractivity contribution in [1.29, 1.82) is 0 Å². The molecule has 0 saturated carbocycles. The number of aliphatic hydroxyl groups is 1. The molecule has 3 rings (SSSR count). The second kappa shape index (κ2) is 4.82. The maximum absolute atomic E-state index is 9.49. The summed E-state index contributed by atoms with van der Waals surface area (Å²) >= 11 is 0. The molecule has 1 aromatic rings. The molecule has 0 spiro atoms. The number of aliphatic hydroxyl groups excluding tert-OH is 1. The molecule has 0 fully saturated rings. The molecular weight excluding hydrogens is 302 g/mol. The van der Waals surface area contributed by atoms with Gasteiger partial charge in [-0.25, -0.2) is 0 Å². The molecule has 0 amide bonds. The highest BCUT2D eigenvalue weighted by atomic mass is 29.3. The van der Waals surface area contributed by atoms with Crippen LogP contribution >= 0.6 is 0 Å². The Kier molecular flexibility index (Phi) is 3.51. The van der Waals surface area contributed by atoms with Crippen LogP contribution in [-0.4, -0.2) is 32.4 Å². The Labute approximate surface area is 136 Å². The van der Waals surface area contributed by atoms with Crippen LogP contribution in [-0.2, 0) is 6.42 Å². The minimum Gasteiger partial charge on any atom is -0.397 e. The van der Waals surface area contributed by atoms with Crippen molar-refractivity contribution in [3.63, 3.8) is 0 Å². The fraction of sp³-hybridized carbons (Fsp3) is 0.556. The minimum atomic E-state index is -1.39. The monoisotopic (exact) mass is 331 g/mol. The van der Waals surface area contributed by atoms with Gasteiger partial charge in [0.25, 0.3) is 0 Å². The number of allylic oxidation sites excluding steroid dienone is 1. The van der Waals surface area contributed by atoms with Crippen molar-refractivity contribution in [2.24, 2.45) is 0 Å². The Morgan fingerprint density at radius 2 is 1.95 bits per heavy atom. The Bertz CT molecular complexity index is 658. The number of fused-ring (bicyclic) bond motifs is 2. The first kappa shape index (κ1) is 16.0. The predicted octanol–water partition coefficient (Wildman–Crippen LogP) is 4.16. The number of nitrogens with one attached hydrogen (secondary N) is 1. The highest BCUT2D eigenvalue weighted by molar-refractivity contribution is 7.56. The minimum absolute atomic E-state index is 0.0866. The number of hydrogen-bond acceptors (Lipinski definition) is 2. The topological polar surface area (TPSA) is 32.3 Å². The highest BCUT2D eigenvalue weighted by Crippen LogP contribution is 2.61. The normalized spacial score (nSPS) is 23.4. The molecule has 120 valence electrons. The van der Waals surface area contributed by atoms with Gasteiger partial charge in [0.05, 0.1) is 7.59 Å². The van der Waals surface area contributed by atoms with Crippen LogP contribution in [0.1, 0.15) is 31.9 Å². The number of hydrogen-bond donors (Lipinski definition) is 2. The van der Waals surface area contributed by atoms with Crippen LogP contribution in [0, 0.1) is 0 Å². The third-order valence-electron chi connectivity index (χ3n) is 5.71. The van der Waals surface area contributed by atoms with E-state index in [1.165, 1.54) is 23.2 Å². The van der Waals surface area contributed by atoms with Crippen molar-refractivity contribution in [3.8, 4) is 0 Å². The van der Waals surface area contributed by atoms with Crippen LogP contribution < -0.4 is 5.32 Å². The molecule has 2 nitrogen and oxygen atoms in total. The van der Waals surface area contributed by atoms with Gasteiger partial charge in [-0.2, -0.15) is 0 Å². The van der Waals surface area contributed by atoms with Gasteiger partial charge < -0.3 is 10.4 Å². The van der Waals surface area contributed by atoms with Gasteiger partial charge >= 0.3 is 0 Å². The van der Waals surface area contributed by atoms with E-state index in [2.05, 4.69) is 63.9 Å². The van der Waals surface area contributed by atoms with Crippen molar-refractivity contribution < 1.29 is 5.11 Å². The zero-order chi connectivity index (χ0) is 16.3. The van der Waals surface area contributed by atoms with E-state index in [-0.39, 0.29) is 5.54 Å². The summed E-state index contributed by atoms with van der Waals surface area (Å²) < 4.78 is 0. The molecule has 1 aliphatic carbocycles. The summed E-state index contributed by atoms with van der Waals surface area (Å²) in [6.07, 6.45) is 1.18. The van der Waals surface area contributed by atoms with Crippen LogP contribution in [0.2, 0.25) is 25.7 Å². The quantitative estimate of drug-likeness (QED) is 0.812. The lowest BCUT2D eigenvalue weighted by Gasteiger charge is -2.34. The third kappa shape index (κ3) is 2.23. The molecule has 1 aliphatic heterocycles. The van der Waals surface area contributed by atoms with Gasteiger partial charge in [-0.1, -0.05) is 42.2 Å². The predicted molar refractivity (Wildman–Crippen MR) is 101 cm³/mol. The highest BCUT2D eigenvalue weighted by Gasteiger charge is 2.63. The average Bonchev–Trinajstić information content (AvgIpc) is 2.80. The lowest BCUT2D eigenvalue weighted by atomic mass is 10.0. The van der Waals surface area contributed by atoms with Gasteiger partial charge in [0, 0.05) is 23.4 Å². The van der Waals surface area contributed by atoms with E-state index >= 15 is 0 Å². The van der Waals surface area contributed by atoms with Crippen LogP contribution in [0.25, 0.3) is 5.20 Å². The first-order valence-corrected chi connectivity index (χ1v) is 15.1. The van der Waals surface area contributed by atoms with Gasteiger partial charge in [0.15, 0.2) is 0 Å². The zero-order valence-corrected chi connectivity index (χ0v) is 16.8. The second-order valence-corrected chi connectivity index (χ2v) is 23.4. The van der Waals surface area contributed by atoms with Crippen molar-refractivity contribution in [1.82, 2.24) is 0 Å². The second-order valence-electron chi connectivity index (χ2n) is 8.73. The van der Waals surface area contributed by atoms with Crippen LogP contribution in [0.4, 0.5) is 5.69 Å². The maximum Gasteiger partial charge on any atom is 0.103 e. The molecule has 0 saturated heterocycles. The van der Waals surface area contributed by atoms with Gasteiger partial charge in [0.2, 0.25) is 0 Å². The van der Waals surface area contributed by atoms with E-state index in [0.29, 0.717) is 6.61 Å². The Balaban J connectivity index is 1.98. The molecule has 4 heteroatoms. The fourth-order valence-electron chi connectivity index (χ4n) is 4.12. The summed E-state index contributed by atoms with van der Waals surface area (Å²) in [6, 6.07) is 7.78.